The predicted molar refractivity (Wildman–Crippen MR) is 85.7 cm³/mol. The summed E-state index contributed by atoms with van der Waals surface area (Å²) in [6.07, 6.45) is 2.54. The highest BCUT2D eigenvalue weighted by Gasteiger charge is 2.16. The lowest BCUT2D eigenvalue weighted by molar-refractivity contribution is 0.400. The highest BCUT2D eigenvalue weighted by atomic mass is 32.2. The van der Waals surface area contributed by atoms with Gasteiger partial charge in [0.05, 0.1) is 7.11 Å². The number of hydrogen-bond acceptors (Lipinski definition) is 9. The summed E-state index contributed by atoms with van der Waals surface area (Å²) >= 11 is 2.94. The van der Waals surface area contributed by atoms with E-state index in [1.54, 1.807) is 7.11 Å². The van der Waals surface area contributed by atoms with E-state index in [9.17, 15) is 0 Å². The Labute approximate surface area is 132 Å². The van der Waals surface area contributed by atoms with E-state index in [-0.39, 0.29) is 0 Å². The minimum absolute atomic E-state index is 0.637. The average Bonchev–Trinajstić information content (AvgIpc) is 2.94. The largest absolute Gasteiger partial charge is 0.490 e. The molecule has 0 aliphatic heterocycles. The summed E-state index contributed by atoms with van der Waals surface area (Å²) in [5.74, 6) is 1.34. The first-order valence-corrected chi connectivity index (χ1v) is 8.10. The Balaban J connectivity index is 2.21. The molecule has 2 rings (SSSR count). The van der Waals surface area contributed by atoms with Crippen LogP contribution in [0.25, 0.3) is 0 Å². The molecule has 2 heterocycles. The van der Waals surface area contributed by atoms with Crippen LogP contribution in [0.5, 0.6) is 5.75 Å². The van der Waals surface area contributed by atoms with Crippen LogP contribution in [0.1, 0.15) is 13.3 Å². The van der Waals surface area contributed by atoms with Gasteiger partial charge >= 0.3 is 0 Å². The molecule has 0 aliphatic rings. The maximum atomic E-state index is 5.44. The van der Waals surface area contributed by atoms with Gasteiger partial charge in [-0.2, -0.15) is 0 Å². The summed E-state index contributed by atoms with van der Waals surface area (Å²) in [6.45, 7) is 2.93. The van der Waals surface area contributed by atoms with E-state index in [0.717, 1.165) is 27.5 Å². The third-order valence-corrected chi connectivity index (χ3v) is 4.61. The summed E-state index contributed by atoms with van der Waals surface area (Å²) in [4.78, 5) is 10.4. The monoisotopic (exact) mass is 326 g/mol. The van der Waals surface area contributed by atoms with Crippen molar-refractivity contribution in [1.82, 2.24) is 20.2 Å². The third kappa shape index (κ3) is 3.94. The molecule has 0 spiro atoms. The first kappa shape index (κ1) is 15.8. The Hall–Kier alpha value is -1.61. The first-order chi connectivity index (χ1) is 10.2. The van der Waals surface area contributed by atoms with Crippen LogP contribution in [0.2, 0.25) is 0 Å². The van der Waals surface area contributed by atoms with Crippen LogP contribution < -0.4 is 15.0 Å². The molecule has 0 aliphatic carbocycles. The molecule has 0 atom stereocenters. The van der Waals surface area contributed by atoms with Crippen molar-refractivity contribution in [2.75, 3.05) is 38.0 Å². The number of methoxy groups -OCH3 is 1. The Morgan fingerprint density at radius 2 is 2.14 bits per heavy atom. The molecule has 0 radical (unpaired) electrons. The zero-order valence-electron chi connectivity index (χ0n) is 12.5. The van der Waals surface area contributed by atoms with Gasteiger partial charge in [0, 0.05) is 20.6 Å². The second kappa shape index (κ2) is 7.41. The van der Waals surface area contributed by atoms with Gasteiger partial charge in [0.2, 0.25) is 5.13 Å². The van der Waals surface area contributed by atoms with Gasteiger partial charge in [-0.25, -0.2) is 9.97 Å². The Kier molecular flexibility index (Phi) is 5.57. The van der Waals surface area contributed by atoms with Crippen LogP contribution in [-0.2, 0) is 0 Å². The van der Waals surface area contributed by atoms with Crippen LogP contribution in [-0.4, -0.2) is 47.9 Å². The van der Waals surface area contributed by atoms with Crippen molar-refractivity contribution in [2.24, 2.45) is 0 Å². The smallest absolute Gasteiger partial charge is 0.208 e. The van der Waals surface area contributed by atoms with E-state index in [1.165, 1.54) is 29.4 Å². The predicted octanol–water partition coefficient (Wildman–Crippen LogP) is 2.38. The van der Waals surface area contributed by atoms with Crippen LogP contribution in [0.15, 0.2) is 15.7 Å². The normalized spacial score (nSPS) is 10.5. The lowest BCUT2D eigenvalue weighted by Crippen LogP contribution is -2.07. The topological polar surface area (TPSA) is 76.1 Å². The standard InChI is InChI=1S/C12H18N6OS2/c1-5-6-13-9-8(19-4)10(15-7-14-9)20-12-17-16-11(21-12)18(2)3/h7H,5-6H2,1-4H3,(H,13,14,15). The maximum Gasteiger partial charge on any atom is 0.208 e. The van der Waals surface area contributed by atoms with E-state index in [1.807, 2.05) is 19.0 Å². The molecular weight excluding hydrogens is 308 g/mol. The molecule has 0 amide bonds. The van der Waals surface area contributed by atoms with Crippen LogP contribution in [0.4, 0.5) is 10.9 Å². The second-order valence-corrected chi connectivity index (χ2v) is 6.53. The zero-order valence-corrected chi connectivity index (χ0v) is 14.1. The van der Waals surface area contributed by atoms with Crippen molar-refractivity contribution in [3.63, 3.8) is 0 Å². The number of aromatic nitrogens is 4. The molecule has 0 unspecified atom stereocenters. The second-order valence-electron chi connectivity index (χ2n) is 4.33. The number of rotatable bonds is 7. The van der Waals surface area contributed by atoms with Crippen molar-refractivity contribution in [3.05, 3.63) is 6.33 Å². The van der Waals surface area contributed by atoms with E-state index in [2.05, 4.69) is 32.4 Å². The molecule has 0 fully saturated rings. The van der Waals surface area contributed by atoms with E-state index in [4.69, 9.17) is 4.74 Å². The molecule has 0 bridgehead atoms. The van der Waals surface area contributed by atoms with Crippen LogP contribution in [0, 0.1) is 0 Å². The van der Waals surface area contributed by atoms with Crippen LogP contribution >= 0.6 is 23.1 Å². The lowest BCUT2D eigenvalue weighted by Gasteiger charge is -2.11. The van der Waals surface area contributed by atoms with Gasteiger partial charge in [-0.05, 0) is 18.2 Å². The molecule has 1 N–H and O–H groups in total. The zero-order chi connectivity index (χ0) is 15.2. The summed E-state index contributed by atoms with van der Waals surface area (Å²) in [5, 5.41) is 13.1. The summed E-state index contributed by atoms with van der Waals surface area (Å²) in [6, 6.07) is 0. The SMILES string of the molecule is CCCNc1ncnc(Sc2nnc(N(C)C)s2)c1OC. The van der Waals surface area contributed by atoms with Gasteiger partial charge in [0.1, 0.15) is 6.33 Å². The highest BCUT2D eigenvalue weighted by molar-refractivity contribution is 8.01. The van der Waals surface area contributed by atoms with Gasteiger partial charge in [0.25, 0.3) is 0 Å². The van der Waals surface area contributed by atoms with Gasteiger partial charge in [0.15, 0.2) is 20.9 Å². The molecule has 21 heavy (non-hydrogen) atoms. The van der Waals surface area contributed by atoms with Crippen molar-refractivity contribution < 1.29 is 4.74 Å². The Morgan fingerprint density at radius 1 is 1.33 bits per heavy atom. The number of hydrogen-bond donors (Lipinski definition) is 1. The number of nitrogens with zero attached hydrogens (tertiary/aromatic N) is 5. The molecule has 114 valence electrons. The minimum Gasteiger partial charge on any atom is -0.490 e. The van der Waals surface area contributed by atoms with Crippen molar-refractivity contribution in [3.8, 4) is 5.75 Å². The van der Waals surface area contributed by atoms with Gasteiger partial charge in [-0.15, -0.1) is 10.2 Å². The fourth-order valence-corrected chi connectivity index (χ4v) is 3.24. The van der Waals surface area contributed by atoms with Crippen molar-refractivity contribution in [2.45, 2.75) is 22.7 Å². The minimum atomic E-state index is 0.637. The summed E-state index contributed by atoms with van der Waals surface area (Å²) in [5.41, 5.74) is 0. The average molecular weight is 326 g/mol. The number of anilines is 2. The summed E-state index contributed by atoms with van der Waals surface area (Å²) < 4.78 is 6.25. The molecule has 2 aromatic rings. The van der Waals surface area contributed by atoms with Gasteiger partial charge in [-0.1, -0.05) is 18.3 Å². The molecule has 0 saturated heterocycles. The van der Waals surface area contributed by atoms with Crippen LogP contribution in [0.3, 0.4) is 0 Å². The van der Waals surface area contributed by atoms with Gasteiger partial charge in [-0.3, -0.25) is 0 Å². The molecule has 0 saturated carbocycles. The molecule has 7 nitrogen and oxygen atoms in total. The highest BCUT2D eigenvalue weighted by Crippen LogP contribution is 2.38. The van der Waals surface area contributed by atoms with Crippen molar-refractivity contribution >= 4 is 34.0 Å². The Bertz CT molecular complexity index is 589. The molecule has 2 aromatic heterocycles. The number of nitrogens with one attached hydrogen (secondary N) is 1. The molecule has 0 aromatic carbocycles. The third-order valence-electron chi connectivity index (χ3n) is 2.48. The summed E-state index contributed by atoms with van der Waals surface area (Å²) in [7, 11) is 5.49. The maximum absolute atomic E-state index is 5.44. The fourth-order valence-electron chi connectivity index (χ4n) is 1.49. The van der Waals surface area contributed by atoms with Gasteiger partial charge < -0.3 is 15.0 Å². The fraction of sp³-hybridized carbons (Fsp3) is 0.500. The van der Waals surface area contributed by atoms with E-state index in [0.29, 0.717) is 11.6 Å². The number of ether oxygens (including phenoxy) is 1. The quantitative estimate of drug-likeness (QED) is 0.777. The molecule has 9 heteroatoms. The first-order valence-electron chi connectivity index (χ1n) is 6.47. The molecular formula is C12H18N6OS2. The van der Waals surface area contributed by atoms with E-state index < -0.39 is 0 Å². The Morgan fingerprint density at radius 3 is 2.76 bits per heavy atom. The lowest BCUT2D eigenvalue weighted by atomic mass is 10.4. The van der Waals surface area contributed by atoms with E-state index >= 15 is 0 Å². The van der Waals surface area contributed by atoms with Crippen molar-refractivity contribution in [1.29, 1.82) is 0 Å².